The molecule has 4 rings (SSSR count). The number of methoxy groups -OCH3 is 1. The van der Waals surface area contributed by atoms with E-state index in [9.17, 15) is 9.90 Å². The number of hydrogen-bond acceptors (Lipinski definition) is 4. The maximum atomic E-state index is 11.9. The predicted molar refractivity (Wildman–Crippen MR) is 142 cm³/mol. The molecule has 0 bridgehead atoms. The first-order valence-electron chi connectivity index (χ1n) is 10.8. The molecule has 4 aromatic rings. The zero-order valence-corrected chi connectivity index (χ0v) is 21.9. The van der Waals surface area contributed by atoms with Gasteiger partial charge in [-0.25, -0.2) is 0 Å². The van der Waals surface area contributed by atoms with Gasteiger partial charge in [-0.3, -0.25) is 4.79 Å². The van der Waals surface area contributed by atoms with Gasteiger partial charge in [0.1, 0.15) is 12.6 Å². The van der Waals surface area contributed by atoms with Gasteiger partial charge in [0.25, 0.3) is 0 Å². The Bertz CT molecular complexity index is 1360. The third-order valence-electron chi connectivity index (χ3n) is 5.63. The molecule has 9 heteroatoms. The van der Waals surface area contributed by atoms with Crippen LogP contribution in [-0.4, -0.2) is 29.2 Å². The number of halogens is 3. The summed E-state index contributed by atoms with van der Waals surface area (Å²) in [5.74, 6) is 0.127. The van der Waals surface area contributed by atoms with E-state index in [0.717, 1.165) is 27.6 Å². The van der Waals surface area contributed by atoms with Gasteiger partial charge in [-0.15, -0.1) is 0 Å². The maximum Gasteiger partial charge on any atom is 0.321 e. The molecule has 1 heterocycles. The second-order valence-corrected chi connectivity index (χ2v) is 9.67. The molecule has 0 aliphatic carbocycles. The number of carboxylic acids is 1. The first kappa shape index (κ1) is 25.4. The van der Waals surface area contributed by atoms with E-state index in [1.54, 1.807) is 19.2 Å². The lowest BCUT2D eigenvalue weighted by molar-refractivity contribution is -0.139. The molecule has 35 heavy (non-hydrogen) atoms. The van der Waals surface area contributed by atoms with Crippen LogP contribution in [0.15, 0.2) is 65.3 Å². The van der Waals surface area contributed by atoms with Gasteiger partial charge in [0.2, 0.25) is 0 Å². The molecular formula is C26H23BrCl2N2O4. The van der Waals surface area contributed by atoms with Crippen molar-refractivity contribution in [1.29, 1.82) is 0 Å². The van der Waals surface area contributed by atoms with Crippen molar-refractivity contribution in [1.82, 2.24) is 10.3 Å². The molecule has 0 amide bonds. The average molecular weight is 578 g/mol. The summed E-state index contributed by atoms with van der Waals surface area (Å²) >= 11 is 15.8. The summed E-state index contributed by atoms with van der Waals surface area (Å²) in [5.41, 5.74) is 3.56. The Morgan fingerprint density at radius 1 is 1.14 bits per heavy atom. The van der Waals surface area contributed by atoms with Gasteiger partial charge >= 0.3 is 5.97 Å². The molecule has 3 aromatic carbocycles. The fraction of sp³-hybridized carbons (Fsp3) is 0.192. The number of carboxylic acid groups (broad SMARTS) is 1. The highest BCUT2D eigenvalue weighted by Gasteiger charge is 2.20. The molecule has 182 valence electrons. The number of fused-ring (bicyclic) bond motifs is 1. The van der Waals surface area contributed by atoms with E-state index in [-0.39, 0.29) is 6.61 Å². The molecule has 1 aromatic heterocycles. The summed E-state index contributed by atoms with van der Waals surface area (Å²) in [7, 11) is 1.55. The fourth-order valence-electron chi connectivity index (χ4n) is 3.81. The molecule has 6 nitrogen and oxygen atoms in total. The predicted octanol–water partition coefficient (Wildman–Crippen LogP) is 6.61. The normalized spacial score (nSPS) is 12.0. The summed E-state index contributed by atoms with van der Waals surface area (Å²) in [6, 6.07) is 16.0. The number of aromatic nitrogens is 1. The number of carbonyl (C=O) groups is 1. The van der Waals surface area contributed by atoms with Crippen LogP contribution in [0.2, 0.25) is 10.0 Å². The second-order valence-electron chi connectivity index (χ2n) is 7.97. The van der Waals surface area contributed by atoms with E-state index in [0.29, 0.717) is 39.0 Å². The molecule has 0 spiro atoms. The largest absolute Gasteiger partial charge is 0.493 e. The maximum absolute atomic E-state index is 11.9. The number of H-pyrrole nitrogens is 1. The summed E-state index contributed by atoms with van der Waals surface area (Å²) in [6.07, 6.45) is 2.21. The number of aromatic amines is 1. The highest BCUT2D eigenvalue weighted by molar-refractivity contribution is 9.10. The Morgan fingerprint density at radius 2 is 1.94 bits per heavy atom. The zero-order valence-electron chi connectivity index (χ0n) is 18.8. The molecule has 3 N–H and O–H groups in total. The van der Waals surface area contributed by atoms with E-state index in [2.05, 4.69) is 26.2 Å². The molecule has 0 fully saturated rings. The van der Waals surface area contributed by atoms with E-state index in [1.165, 1.54) is 0 Å². The molecule has 0 aliphatic heterocycles. The highest BCUT2D eigenvalue weighted by Crippen LogP contribution is 2.37. The second kappa shape index (κ2) is 11.4. The van der Waals surface area contributed by atoms with Crippen LogP contribution in [0.5, 0.6) is 11.5 Å². The molecule has 0 saturated heterocycles. The molecule has 1 atom stereocenters. The summed E-state index contributed by atoms with van der Waals surface area (Å²) in [4.78, 5) is 15.1. The molecule has 0 saturated carbocycles. The minimum atomic E-state index is -0.916. The van der Waals surface area contributed by atoms with E-state index < -0.39 is 12.0 Å². The highest BCUT2D eigenvalue weighted by atomic mass is 79.9. The van der Waals surface area contributed by atoms with Crippen LogP contribution in [-0.2, 0) is 24.4 Å². The Kier molecular flexibility index (Phi) is 8.23. The van der Waals surface area contributed by atoms with Gasteiger partial charge in [0.05, 0.1) is 11.6 Å². The quantitative estimate of drug-likeness (QED) is 0.197. The Balaban J connectivity index is 1.46. The summed E-state index contributed by atoms with van der Waals surface area (Å²) < 4.78 is 12.2. The van der Waals surface area contributed by atoms with Crippen molar-refractivity contribution in [2.45, 2.75) is 25.6 Å². The van der Waals surface area contributed by atoms with Gasteiger partial charge in [0.15, 0.2) is 11.5 Å². The van der Waals surface area contributed by atoms with Crippen molar-refractivity contribution in [3.63, 3.8) is 0 Å². The SMILES string of the molecule is COc1cc(CN[C@@H](Cc2c[nH]c3ccccc23)C(=O)O)cc(Br)c1OCc1ccc(Cl)cc1Cl. The molecule has 0 aliphatic rings. The van der Waals surface area contributed by atoms with Crippen LogP contribution in [0.1, 0.15) is 16.7 Å². The molecule has 0 unspecified atom stereocenters. The van der Waals surface area contributed by atoms with Crippen LogP contribution in [0.4, 0.5) is 0 Å². The third kappa shape index (κ3) is 6.11. The van der Waals surface area contributed by atoms with Gasteiger partial charge < -0.3 is 24.9 Å². The molecule has 0 radical (unpaired) electrons. The number of benzene rings is 3. The van der Waals surface area contributed by atoms with Crippen molar-refractivity contribution in [3.8, 4) is 11.5 Å². The van der Waals surface area contributed by atoms with Crippen molar-refractivity contribution in [2.75, 3.05) is 7.11 Å². The fourth-order valence-corrected chi connectivity index (χ4v) is 4.88. The lowest BCUT2D eigenvalue weighted by Gasteiger charge is -2.17. The van der Waals surface area contributed by atoms with Crippen molar-refractivity contribution >= 4 is 56.0 Å². The number of rotatable bonds is 10. The van der Waals surface area contributed by atoms with Crippen molar-refractivity contribution in [3.05, 3.63) is 92.0 Å². The monoisotopic (exact) mass is 576 g/mol. The minimum absolute atomic E-state index is 0.230. The van der Waals surface area contributed by atoms with E-state index >= 15 is 0 Å². The van der Waals surface area contributed by atoms with Crippen LogP contribution in [0, 0.1) is 0 Å². The smallest absolute Gasteiger partial charge is 0.321 e. The Hall–Kier alpha value is -2.71. The van der Waals surface area contributed by atoms with Crippen LogP contribution >= 0.6 is 39.1 Å². The minimum Gasteiger partial charge on any atom is -0.493 e. The van der Waals surface area contributed by atoms with E-state index in [4.69, 9.17) is 32.7 Å². The third-order valence-corrected chi connectivity index (χ3v) is 6.80. The van der Waals surface area contributed by atoms with Crippen LogP contribution in [0.25, 0.3) is 10.9 Å². The Morgan fingerprint density at radius 3 is 2.69 bits per heavy atom. The first-order valence-corrected chi connectivity index (χ1v) is 12.3. The number of aliphatic carboxylic acids is 1. The van der Waals surface area contributed by atoms with Gasteiger partial charge in [-0.1, -0.05) is 47.5 Å². The van der Waals surface area contributed by atoms with Gasteiger partial charge in [-0.2, -0.15) is 0 Å². The van der Waals surface area contributed by atoms with Crippen molar-refractivity contribution < 1.29 is 19.4 Å². The van der Waals surface area contributed by atoms with Gasteiger partial charge in [-0.05, 0) is 57.4 Å². The van der Waals surface area contributed by atoms with E-state index in [1.807, 2.05) is 48.7 Å². The summed E-state index contributed by atoms with van der Waals surface area (Å²) in [5, 5.41) is 15.0. The Labute approximate surface area is 221 Å². The lowest BCUT2D eigenvalue weighted by Crippen LogP contribution is -2.38. The first-order chi connectivity index (χ1) is 16.9. The standard InChI is InChI=1S/C26H23BrCl2N2O4/c1-34-24-9-15(8-20(27)25(24)35-14-16-6-7-18(28)11-21(16)29)12-30-23(26(32)33)10-17-13-31-22-5-3-2-4-19(17)22/h2-9,11,13,23,30-31H,10,12,14H2,1H3,(H,32,33)/t23-/m0/s1. The van der Waals surface area contributed by atoms with Crippen LogP contribution in [0.3, 0.4) is 0 Å². The van der Waals surface area contributed by atoms with Gasteiger partial charge in [0, 0.05) is 45.7 Å². The number of para-hydroxylation sites is 1. The number of ether oxygens (including phenoxy) is 2. The zero-order chi connectivity index (χ0) is 24.9. The van der Waals surface area contributed by atoms with Crippen molar-refractivity contribution in [2.24, 2.45) is 0 Å². The van der Waals surface area contributed by atoms with Crippen LogP contribution < -0.4 is 14.8 Å². The average Bonchev–Trinajstić information content (AvgIpc) is 3.24. The summed E-state index contributed by atoms with van der Waals surface area (Å²) in [6.45, 7) is 0.561. The number of nitrogens with one attached hydrogen (secondary N) is 2. The molecular weight excluding hydrogens is 555 g/mol. The topological polar surface area (TPSA) is 83.6 Å². The number of hydrogen-bond donors (Lipinski definition) is 3. The lowest BCUT2D eigenvalue weighted by atomic mass is 10.0.